The highest BCUT2D eigenvalue weighted by Crippen LogP contribution is 2.37. The minimum absolute atomic E-state index is 0.508. The van der Waals surface area contributed by atoms with Gasteiger partial charge in [0.25, 0.3) is 0 Å². The monoisotopic (exact) mass is 268 g/mol. The second-order valence-corrected chi connectivity index (χ2v) is 6.92. The number of pyridine rings is 1. The number of aromatic nitrogens is 1. The van der Waals surface area contributed by atoms with Crippen molar-refractivity contribution in [3.63, 3.8) is 0 Å². The van der Waals surface area contributed by atoms with Crippen molar-refractivity contribution < 1.29 is 0 Å². The van der Waals surface area contributed by atoms with Gasteiger partial charge in [-0.25, -0.2) is 0 Å². The third-order valence-corrected chi connectivity index (χ3v) is 4.48. The highest BCUT2D eigenvalue weighted by Gasteiger charge is 2.30. The summed E-state index contributed by atoms with van der Waals surface area (Å²) in [6.45, 7) is 7.78. The lowest BCUT2D eigenvalue weighted by molar-refractivity contribution is 0.364. The molecule has 1 aliphatic rings. The maximum absolute atomic E-state index is 4.61. The van der Waals surface area contributed by atoms with Gasteiger partial charge in [0, 0.05) is 23.7 Å². The molecule has 0 bridgehead atoms. The van der Waals surface area contributed by atoms with E-state index < -0.39 is 0 Å². The minimum atomic E-state index is 0.508. The Kier molecular flexibility index (Phi) is 3.51. The molecule has 1 saturated carbocycles. The van der Waals surface area contributed by atoms with Gasteiger partial charge in [0.15, 0.2) is 0 Å². The Balaban J connectivity index is 1.78. The van der Waals surface area contributed by atoms with E-state index in [0.29, 0.717) is 11.5 Å². The molecule has 2 aromatic rings. The number of rotatable bonds is 3. The maximum Gasteiger partial charge on any atom is 0.0708 e. The van der Waals surface area contributed by atoms with Crippen LogP contribution in [-0.4, -0.2) is 11.0 Å². The lowest BCUT2D eigenvalue weighted by atomic mass is 9.92. The molecule has 2 heteroatoms. The van der Waals surface area contributed by atoms with E-state index in [4.69, 9.17) is 0 Å². The second-order valence-electron chi connectivity index (χ2n) is 6.92. The Morgan fingerprint density at radius 3 is 2.85 bits per heavy atom. The number of nitrogens with one attached hydrogen (secondary N) is 1. The fourth-order valence-corrected chi connectivity index (χ4v) is 3.41. The summed E-state index contributed by atoms with van der Waals surface area (Å²) in [6.07, 6.45) is 3.92. The predicted molar refractivity (Wildman–Crippen MR) is 84.7 cm³/mol. The lowest BCUT2D eigenvalue weighted by Gasteiger charge is -2.18. The van der Waals surface area contributed by atoms with E-state index >= 15 is 0 Å². The van der Waals surface area contributed by atoms with Crippen molar-refractivity contribution in [3.8, 4) is 0 Å². The van der Waals surface area contributed by atoms with Gasteiger partial charge in [-0.1, -0.05) is 32.0 Å². The number of nitrogens with zero attached hydrogens (tertiary/aromatic N) is 1. The van der Waals surface area contributed by atoms with E-state index in [1.807, 2.05) is 0 Å². The van der Waals surface area contributed by atoms with E-state index in [9.17, 15) is 0 Å². The first-order chi connectivity index (χ1) is 9.53. The highest BCUT2D eigenvalue weighted by molar-refractivity contribution is 5.82. The van der Waals surface area contributed by atoms with Crippen molar-refractivity contribution in [2.75, 3.05) is 0 Å². The number of hydrogen-bond donors (Lipinski definition) is 1. The average Bonchev–Trinajstić information content (AvgIpc) is 2.75. The Labute approximate surface area is 121 Å². The van der Waals surface area contributed by atoms with Crippen molar-refractivity contribution in [3.05, 3.63) is 41.6 Å². The topological polar surface area (TPSA) is 24.9 Å². The molecule has 20 heavy (non-hydrogen) atoms. The predicted octanol–water partition coefficient (Wildman–Crippen LogP) is 4.21. The SMILES string of the molecule is Cc1cc(CNC2CCC(C)(C)C2)c2ccccc2n1. The van der Waals surface area contributed by atoms with Crippen molar-refractivity contribution in [1.29, 1.82) is 0 Å². The first kappa shape index (κ1) is 13.6. The van der Waals surface area contributed by atoms with Crippen LogP contribution in [0.1, 0.15) is 44.4 Å². The molecule has 0 amide bonds. The van der Waals surface area contributed by atoms with Crippen LogP contribution in [-0.2, 0) is 6.54 Å². The van der Waals surface area contributed by atoms with Gasteiger partial charge >= 0.3 is 0 Å². The van der Waals surface area contributed by atoms with E-state index in [-0.39, 0.29) is 0 Å². The molecule has 1 aromatic carbocycles. The maximum atomic E-state index is 4.61. The third kappa shape index (κ3) is 2.85. The highest BCUT2D eigenvalue weighted by atomic mass is 14.9. The Hall–Kier alpha value is -1.41. The quantitative estimate of drug-likeness (QED) is 0.902. The van der Waals surface area contributed by atoms with Gasteiger partial charge in [-0.05, 0) is 49.3 Å². The number of fused-ring (bicyclic) bond motifs is 1. The van der Waals surface area contributed by atoms with Crippen LogP contribution in [0.3, 0.4) is 0 Å². The summed E-state index contributed by atoms with van der Waals surface area (Å²) in [4.78, 5) is 4.61. The van der Waals surface area contributed by atoms with Gasteiger partial charge in [-0.2, -0.15) is 0 Å². The standard InChI is InChI=1S/C18H24N2/c1-13-10-14(16-6-4-5-7-17(16)20-13)12-19-15-8-9-18(2,3)11-15/h4-7,10,15,19H,8-9,11-12H2,1-3H3. The molecule has 0 saturated heterocycles. The first-order valence-electron chi connectivity index (χ1n) is 7.62. The zero-order valence-corrected chi connectivity index (χ0v) is 12.7. The number of para-hydroxylation sites is 1. The van der Waals surface area contributed by atoms with Crippen LogP contribution in [0.5, 0.6) is 0 Å². The molecule has 0 spiro atoms. The lowest BCUT2D eigenvalue weighted by Crippen LogP contribution is -2.27. The molecular formula is C18H24N2. The summed E-state index contributed by atoms with van der Waals surface area (Å²) in [5.74, 6) is 0. The summed E-state index contributed by atoms with van der Waals surface area (Å²) < 4.78 is 0. The Morgan fingerprint density at radius 1 is 1.30 bits per heavy atom. The minimum Gasteiger partial charge on any atom is -0.310 e. The van der Waals surface area contributed by atoms with Gasteiger partial charge in [-0.3, -0.25) is 4.98 Å². The largest absolute Gasteiger partial charge is 0.310 e. The van der Waals surface area contributed by atoms with E-state index in [2.05, 4.69) is 61.4 Å². The Morgan fingerprint density at radius 2 is 2.10 bits per heavy atom. The normalized spacial score (nSPS) is 21.4. The molecule has 106 valence electrons. The number of hydrogen-bond acceptors (Lipinski definition) is 2. The molecule has 2 nitrogen and oxygen atoms in total. The summed E-state index contributed by atoms with van der Waals surface area (Å²) in [7, 11) is 0. The van der Waals surface area contributed by atoms with E-state index in [0.717, 1.165) is 17.8 Å². The molecule has 1 aromatic heterocycles. The molecule has 1 aliphatic carbocycles. The van der Waals surface area contributed by atoms with Crippen LogP contribution >= 0.6 is 0 Å². The molecule has 3 rings (SSSR count). The molecule has 0 radical (unpaired) electrons. The van der Waals surface area contributed by atoms with Crippen LogP contribution in [0.15, 0.2) is 30.3 Å². The van der Waals surface area contributed by atoms with Crippen molar-refractivity contribution in [1.82, 2.24) is 10.3 Å². The van der Waals surface area contributed by atoms with Crippen LogP contribution in [0.25, 0.3) is 10.9 Å². The van der Waals surface area contributed by atoms with Crippen LogP contribution < -0.4 is 5.32 Å². The van der Waals surface area contributed by atoms with Gasteiger partial charge < -0.3 is 5.32 Å². The van der Waals surface area contributed by atoms with Gasteiger partial charge in [0.2, 0.25) is 0 Å². The Bertz CT molecular complexity index is 616. The van der Waals surface area contributed by atoms with Gasteiger partial charge in [0.1, 0.15) is 0 Å². The van der Waals surface area contributed by atoms with E-state index in [1.165, 1.54) is 30.2 Å². The summed E-state index contributed by atoms with van der Waals surface area (Å²) in [6, 6.07) is 11.3. The fraction of sp³-hybridized carbons (Fsp3) is 0.500. The van der Waals surface area contributed by atoms with Gasteiger partial charge in [-0.15, -0.1) is 0 Å². The van der Waals surface area contributed by atoms with Crippen molar-refractivity contribution in [2.24, 2.45) is 5.41 Å². The van der Waals surface area contributed by atoms with Gasteiger partial charge in [0.05, 0.1) is 5.52 Å². The summed E-state index contributed by atoms with van der Waals surface area (Å²) in [5.41, 5.74) is 4.09. The van der Waals surface area contributed by atoms with Crippen molar-refractivity contribution >= 4 is 10.9 Å². The second kappa shape index (κ2) is 5.17. The molecule has 0 aliphatic heterocycles. The zero-order chi connectivity index (χ0) is 14.2. The first-order valence-corrected chi connectivity index (χ1v) is 7.62. The van der Waals surface area contributed by atoms with Crippen molar-refractivity contribution in [2.45, 2.75) is 52.6 Å². The van der Waals surface area contributed by atoms with Crippen LogP contribution in [0, 0.1) is 12.3 Å². The fourth-order valence-electron chi connectivity index (χ4n) is 3.41. The zero-order valence-electron chi connectivity index (χ0n) is 12.7. The molecule has 1 heterocycles. The number of benzene rings is 1. The van der Waals surface area contributed by atoms with Crippen LogP contribution in [0.4, 0.5) is 0 Å². The molecule has 1 atom stereocenters. The molecule has 1 N–H and O–H groups in total. The summed E-state index contributed by atoms with van der Waals surface area (Å²) in [5, 5.41) is 5.03. The van der Waals surface area contributed by atoms with Crippen LogP contribution in [0.2, 0.25) is 0 Å². The molecular weight excluding hydrogens is 244 g/mol. The molecule has 1 fully saturated rings. The van der Waals surface area contributed by atoms with E-state index in [1.54, 1.807) is 0 Å². The number of aryl methyl sites for hydroxylation is 1. The smallest absolute Gasteiger partial charge is 0.0708 e. The third-order valence-electron chi connectivity index (χ3n) is 4.48. The molecule has 1 unspecified atom stereocenters. The average molecular weight is 268 g/mol. The summed E-state index contributed by atoms with van der Waals surface area (Å²) >= 11 is 0.